The molecule has 2 aliphatic heterocycles. The minimum atomic E-state index is -0.791. The Morgan fingerprint density at radius 2 is 2.41 bits per heavy atom. The second-order valence-corrected chi connectivity index (χ2v) is 6.40. The molecule has 0 bridgehead atoms. The molecule has 2 saturated heterocycles. The quantitative estimate of drug-likeness (QED) is 0.912. The summed E-state index contributed by atoms with van der Waals surface area (Å²) in [5.74, 6) is 1.01. The van der Waals surface area contributed by atoms with Crippen LogP contribution in [0, 0.1) is 18.3 Å². The highest BCUT2D eigenvalue weighted by atomic mass is 16.5. The topological polar surface area (TPSA) is 75.5 Å². The van der Waals surface area contributed by atoms with E-state index in [1.165, 1.54) is 0 Å². The number of carboxylic acid groups (broad SMARTS) is 1. The van der Waals surface area contributed by atoms with Gasteiger partial charge in [-0.3, -0.25) is 4.79 Å². The molecule has 0 saturated carbocycles. The number of nitrogens with zero attached hydrogens (tertiary/aromatic N) is 3. The van der Waals surface area contributed by atoms with Crippen molar-refractivity contribution in [3.05, 3.63) is 17.6 Å². The summed E-state index contributed by atoms with van der Waals surface area (Å²) >= 11 is 0. The Bertz CT molecular complexity index is 578. The van der Waals surface area contributed by atoms with Crippen molar-refractivity contribution in [1.82, 2.24) is 9.97 Å². The number of carbonyl (C=O) groups is 1. The molecule has 0 spiro atoms. The van der Waals surface area contributed by atoms with Crippen molar-refractivity contribution in [3.8, 4) is 0 Å². The molecule has 0 radical (unpaired) electrons. The average molecular weight is 305 g/mol. The maximum Gasteiger partial charge on any atom is 0.314 e. The van der Waals surface area contributed by atoms with Crippen molar-refractivity contribution in [2.75, 3.05) is 31.2 Å². The number of anilines is 1. The zero-order valence-corrected chi connectivity index (χ0v) is 13.2. The molecule has 0 unspecified atom stereocenters. The Balaban J connectivity index is 1.94. The van der Waals surface area contributed by atoms with Crippen LogP contribution in [0.1, 0.15) is 31.2 Å². The average Bonchev–Trinajstić information content (AvgIpc) is 2.90. The van der Waals surface area contributed by atoms with Gasteiger partial charge in [0, 0.05) is 31.5 Å². The van der Waals surface area contributed by atoms with Gasteiger partial charge < -0.3 is 14.7 Å². The zero-order valence-electron chi connectivity index (χ0n) is 13.2. The molecule has 0 aliphatic carbocycles. The molecule has 120 valence electrons. The van der Waals surface area contributed by atoms with Gasteiger partial charge in [-0.25, -0.2) is 9.97 Å². The number of rotatable bonds is 4. The number of carboxylic acids is 1. The summed E-state index contributed by atoms with van der Waals surface area (Å²) in [5.41, 5.74) is 0.314. The van der Waals surface area contributed by atoms with Crippen molar-refractivity contribution in [2.24, 2.45) is 11.3 Å². The first kappa shape index (κ1) is 15.2. The number of aromatic nitrogens is 2. The minimum Gasteiger partial charge on any atom is -0.481 e. The molecule has 0 amide bonds. The first-order valence-electron chi connectivity index (χ1n) is 7.95. The molecule has 2 atom stereocenters. The molecule has 3 heterocycles. The monoisotopic (exact) mass is 305 g/mol. The van der Waals surface area contributed by atoms with Crippen LogP contribution in [0.2, 0.25) is 0 Å². The molecule has 0 aromatic carbocycles. The van der Waals surface area contributed by atoms with E-state index in [9.17, 15) is 9.90 Å². The predicted octanol–water partition coefficient (Wildman–Crippen LogP) is 1.67. The Hall–Kier alpha value is -1.69. The molecule has 6 nitrogen and oxygen atoms in total. The molecular weight excluding hydrogens is 282 g/mol. The van der Waals surface area contributed by atoms with E-state index in [4.69, 9.17) is 4.74 Å². The SMILES string of the molecule is CCCc1cnc(C)nc1N1C[C@@H]2CCOC[C@]2(C(=O)O)C1. The molecule has 1 aromatic rings. The summed E-state index contributed by atoms with van der Waals surface area (Å²) in [5, 5.41) is 9.75. The van der Waals surface area contributed by atoms with Gasteiger partial charge >= 0.3 is 5.97 Å². The second kappa shape index (κ2) is 5.83. The maximum atomic E-state index is 11.9. The molecule has 6 heteroatoms. The van der Waals surface area contributed by atoms with Crippen molar-refractivity contribution in [2.45, 2.75) is 33.1 Å². The van der Waals surface area contributed by atoms with Gasteiger partial charge in [0.1, 0.15) is 17.1 Å². The second-order valence-electron chi connectivity index (χ2n) is 6.40. The normalized spacial score (nSPS) is 27.7. The number of aryl methyl sites for hydroxylation is 2. The van der Waals surface area contributed by atoms with Crippen molar-refractivity contribution >= 4 is 11.8 Å². The fourth-order valence-corrected chi connectivity index (χ4v) is 3.65. The van der Waals surface area contributed by atoms with Gasteiger partial charge in [-0.2, -0.15) is 0 Å². The number of ether oxygens (including phenoxy) is 1. The smallest absolute Gasteiger partial charge is 0.314 e. The third-order valence-corrected chi connectivity index (χ3v) is 4.87. The summed E-state index contributed by atoms with van der Waals surface area (Å²) in [6.07, 6.45) is 4.61. The van der Waals surface area contributed by atoms with Crippen LogP contribution >= 0.6 is 0 Å². The number of aliphatic carboxylic acids is 1. The molecular formula is C16H23N3O3. The first-order chi connectivity index (χ1) is 10.6. The standard InChI is InChI=1S/C16H23N3O3/c1-3-4-12-7-17-11(2)18-14(12)19-8-13-5-6-22-10-16(13,9-19)15(20)21/h7,13H,3-6,8-10H2,1-2H3,(H,20,21)/t13-,16+/m0/s1. The fourth-order valence-electron chi connectivity index (χ4n) is 3.65. The Kier molecular flexibility index (Phi) is 4.04. The number of hydrogen-bond donors (Lipinski definition) is 1. The van der Waals surface area contributed by atoms with E-state index in [-0.39, 0.29) is 5.92 Å². The molecule has 2 fully saturated rings. The summed E-state index contributed by atoms with van der Waals surface area (Å²) in [6.45, 7) is 6.16. The summed E-state index contributed by atoms with van der Waals surface area (Å²) < 4.78 is 5.49. The summed E-state index contributed by atoms with van der Waals surface area (Å²) in [4.78, 5) is 22.9. The Morgan fingerprint density at radius 3 is 3.09 bits per heavy atom. The lowest BCUT2D eigenvalue weighted by Crippen LogP contribution is -2.46. The highest BCUT2D eigenvalue weighted by molar-refractivity contribution is 5.78. The largest absolute Gasteiger partial charge is 0.481 e. The third-order valence-electron chi connectivity index (χ3n) is 4.87. The van der Waals surface area contributed by atoms with E-state index >= 15 is 0 Å². The third kappa shape index (κ3) is 2.45. The zero-order chi connectivity index (χ0) is 15.7. The summed E-state index contributed by atoms with van der Waals surface area (Å²) in [7, 11) is 0. The van der Waals surface area contributed by atoms with Crippen LogP contribution in [-0.4, -0.2) is 47.3 Å². The molecule has 1 N–H and O–H groups in total. The highest BCUT2D eigenvalue weighted by Gasteiger charge is 2.54. The Labute approximate surface area is 130 Å². The van der Waals surface area contributed by atoms with Gasteiger partial charge in [0.2, 0.25) is 0 Å². The van der Waals surface area contributed by atoms with E-state index in [0.29, 0.717) is 19.8 Å². The van der Waals surface area contributed by atoms with Crippen molar-refractivity contribution in [1.29, 1.82) is 0 Å². The fraction of sp³-hybridized carbons (Fsp3) is 0.688. The van der Waals surface area contributed by atoms with E-state index in [1.54, 1.807) is 0 Å². The molecule has 22 heavy (non-hydrogen) atoms. The van der Waals surface area contributed by atoms with Crippen LogP contribution in [0.5, 0.6) is 0 Å². The maximum absolute atomic E-state index is 11.9. The van der Waals surface area contributed by atoms with Crippen LogP contribution in [0.25, 0.3) is 0 Å². The first-order valence-corrected chi connectivity index (χ1v) is 7.95. The van der Waals surface area contributed by atoms with Crippen LogP contribution in [-0.2, 0) is 16.0 Å². The van der Waals surface area contributed by atoms with Crippen LogP contribution in [0.3, 0.4) is 0 Å². The predicted molar refractivity (Wildman–Crippen MR) is 82.0 cm³/mol. The van der Waals surface area contributed by atoms with Gasteiger partial charge in [0.15, 0.2) is 0 Å². The van der Waals surface area contributed by atoms with E-state index in [1.807, 2.05) is 13.1 Å². The minimum absolute atomic E-state index is 0.128. The van der Waals surface area contributed by atoms with Gasteiger partial charge in [0.05, 0.1) is 6.61 Å². The van der Waals surface area contributed by atoms with Crippen molar-refractivity contribution in [3.63, 3.8) is 0 Å². The van der Waals surface area contributed by atoms with Crippen LogP contribution in [0.4, 0.5) is 5.82 Å². The van der Waals surface area contributed by atoms with Gasteiger partial charge in [-0.15, -0.1) is 0 Å². The lowest BCUT2D eigenvalue weighted by atomic mass is 9.76. The van der Waals surface area contributed by atoms with Gasteiger partial charge in [0.25, 0.3) is 0 Å². The highest BCUT2D eigenvalue weighted by Crippen LogP contribution is 2.43. The lowest BCUT2D eigenvalue weighted by Gasteiger charge is -2.33. The number of hydrogen-bond acceptors (Lipinski definition) is 5. The van der Waals surface area contributed by atoms with Crippen LogP contribution in [0.15, 0.2) is 6.20 Å². The van der Waals surface area contributed by atoms with Gasteiger partial charge in [-0.05, 0) is 25.7 Å². The molecule has 1 aromatic heterocycles. The van der Waals surface area contributed by atoms with Gasteiger partial charge in [-0.1, -0.05) is 13.3 Å². The number of fused-ring (bicyclic) bond motifs is 1. The lowest BCUT2D eigenvalue weighted by molar-refractivity contribution is -0.159. The van der Waals surface area contributed by atoms with E-state index < -0.39 is 11.4 Å². The molecule has 3 rings (SSSR count). The summed E-state index contributed by atoms with van der Waals surface area (Å²) in [6, 6.07) is 0. The van der Waals surface area contributed by atoms with Crippen LogP contribution < -0.4 is 4.90 Å². The van der Waals surface area contributed by atoms with E-state index in [2.05, 4.69) is 21.8 Å². The van der Waals surface area contributed by atoms with E-state index in [0.717, 1.165) is 43.0 Å². The molecule has 2 aliphatic rings. The Morgan fingerprint density at radius 1 is 1.59 bits per heavy atom. The van der Waals surface area contributed by atoms with Crippen molar-refractivity contribution < 1.29 is 14.6 Å².